The van der Waals surface area contributed by atoms with Gasteiger partial charge in [0, 0.05) is 37.2 Å². The number of aliphatic carboxylic acids is 1. The number of nitrogens with zero attached hydrogens (tertiary/aromatic N) is 2. The Morgan fingerprint density at radius 3 is 2.04 bits per heavy atom. The molecule has 0 aliphatic carbocycles. The third-order valence-corrected chi connectivity index (χ3v) is 9.97. The number of piperidine rings is 1. The molecule has 4 unspecified atom stereocenters. The van der Waals surface area contributed by atoms with Crippen LogP contribution in [-0.2, 0) is 10.2 Å². The molecule has 3 aromatic carbocycles. The van der Waals surface area contributed by atoms with Crippen molar-refractivity contribution in [1.82, 2.24) is 9.80 Å². The van der Waals surface area contributed by atoms with Crippen molar-refractivity contribution in [2.75, 3.05) is 61.7 Å². The summed E-state index contributed by atoms with van der Waals surface area (Å²) < 4.78 is 27.5. The van der Waals surface area contributed by atoms with E-state index in [9.17, 15) is 14.7 Å². The molecule has 0 spiro atoms. The van der Waals surface area contributed by atoms with Crippen LogP contribution in [0.15, 0.2) is 60.7 Å². The Bertz CT molecular complexity index is 1520. The molecule has 4 atom stereocenters. The summed E-state index contributed by atoms with van der Waals surface area (Å²) in [5.74, 6) is 1.39. The van der Waals surface area contributed by atoms with Crippen LogP contribution in [0.1, 0.15) is 47.2 Å². The van der Waals surface area contributed by atoms with Crippen LogP contribution in [-0.4, -0.2) is 94.6 Å². The van der Waals surface area contributed by atoms with Gasteiger partial charge >= 0.3 is 5.97 Å². The third kappa shape index (κ3) is 5.93. The lowest BCUT2D eigenvalue weighted by Crippen LogP contribution is -2.56. The van der Waals surface area contributed by atoms with Gasteiger partial charge in [-0.05, 0) is 67.6 Å². The first-order chi connectivity index (χ1) is 22.2. The fourth-order valence-corrected chi connectivity index (χ4v) is 7.32. The zero-order valence-corrected chi connectivity index (χ0v) is 27.4. The SMILES string of the molecule is COc1ccc(C2CN(C(C)C3CCN(C(=O)c4cc(OC)c(OC)c(OC)c4)C3)CCC2(C(=O)O)c2ccccc2)cc1OC. The fourth-order valence-electron chi connectivity index (χ4n) is 7.32. The number of hydrogen-bond acceptors (Lipinski definition) is 8. The van der Waals surface area contributed by atoms with Crippen molar-refractivity contribution in [3.05, 3.63) is 77.4 Å². The van der Waals surface area contributed by atoms with E-state index in [1.54, 1.807) is 26.4 Å². The Morgan fingerprint density at radius 1 is 0.804 bits per heavy atom. The van der Waals surface area contributed by atoms with Crippen molar-refractivity contribution in [2.45, 2.75) is 37.1 Å². The standard InChI is InChI=1S/C36H44N2O8/c1-23(25-14-16-38(21-25)34(39)26-19-31(44-4)33(46-6)32(20-26)45-5)37-17-15-36(35(40)41,27-10-8-7-9-11-27)28(22-37)24-12-13-29(42-2)30(18-24)43-3/h7-13,18-20,23,25,28H,14-17,21-22H2,1-6H3,(H,40,41). The first-order valence-electron chi connectivity index (χ1n) is 15.6. The fraction of sp³-hybridized carbons (Fsp3) is 0.444. The molecule has 2 heterocycles. The zero-order chi connectivity index (χ0) is 33.0. The minimum atomic E-state index is -1.12. The maximum atomic E-state index is 13.7. The summed E-state index contributed by atoms with van der Waals surface area (Å²) in [7, 11) is 7.77. The number of likely N-dealkylation sites (tertiary alicyclic amines) is 2. The monoisotopic (exact) mass is 632 g/mol. The molecule has 2 aliphatic heterocycles. The highest BCUT2D eigenvalue weighted by atomic mass is 16.5. The molecule has 46 heavy (non-hydrogen) atoms. The van der Waals surface area contributed by atoms with Crippen molar-refractivity contribution in [1.29, 1.82) is 0 Å². The van der Waals surface area contributed by atoms with Crippen molar-refractivity contribution >= 4 is 11.9 Å². The van der Waals surface area contributed by atoms with E-state index in [2.05, 4.69) is 11.8 Å². The smallest absolute Gasteiger partial charge is 0.314 e. The van der Waals surface area contributed by atoms with Crippen LogP contribution in [0.3, 0.4) is 0 Å². The molecular weight excluding hydrogens is 588 g/mol. The second-order valence-electron chi connectivity index (χ2n) is 12.0. The summed E-state index contributed by atoms with van der Waals surface area (Å²) in [6.45, 7) is 4.57. The van der Waals surface area contributed by atoms with Gasteiger partial charge in [0.15, 0.2) is 23.0 Å². The topological polar surface area (TPSA) is 107 Å². The Labute approximate surface area is 270 Å². The first kappa shape index (κ1) is 32.9. The minimum Gasteiger partial charge on any atom is -0.493 e. The largest absolute Gasteiger partial charge is 0.493 e. The molecule has 0 radical (unpaired) electrons. The summed E-state index contributed by atoms with van der Waals surface area (Å²) in [6, 6.07) is 18.8. The van der Waals surface area contributed by atoms with E-state index in [0.29, 0.717) is 66.9 Å². The Kier molecular flexibility index (Phi) is 9.96. The summed E-state index contributed by atoms with van der Waals surface area (Å²) in [5, 5.41) is 10.9. The van der Waals surface area contributed by atoms with Crippen molar-refractivity contribution in [3.8, 4) is 28.7 Å². The third-order valence-electron chi connectivity index (χ3n) is 9.97. The van der Waals surface area contributed by atoms with Gasteiger partial charge in [0.1, 0.15) is 5.41 Å². The second-order valence-corrected chi connectivity index (χ2v) is 12.0. The lowest BCUT2D eigenvalue weighted by Gasteiger charge is -2.48. The van der Waals surface area contributed by atoms with E-state index in [1.807, 2.05) is 53.4 Å². The molecule has 10 nitrogen and oxygen atoms in total. The number of rotatable bonds is 11. The molecule has 2 aliphatic rings. The Balaban J connectivity index is 1.41. The van der Waals surface area contributed by atoms with E-state index in [4.69, 9.17) is 23.7 Å². The normalized spacial score (nSPS) is 22.2. The predicted octanol–water partition coefficient (Wildman–Crippen LogP) is 5.09. The number of carboxylic acid groups (broad SMARTS) is 1. The molecule has 2 fully saturated rings. The van der Waals surface area contributed by atoms with Gasteiger partial charge < -0.3 is 33.7 Å². The number of hydrogen-bond donors (Lipinski definition) is 1. The van der Waals surface area contributed by atoms with Crippen molar-refractivity contribution in [2.24, 2.45) is 5.92 Å². The minimum absolute atomic E-state index is 0.0928. The van der Waals surface area contributed by atoms with Gasteiger partial charge in [-0.1, -0.05) is 36.4 Å². The average Bonchev–Trinajstić information content (AvgIpc) is 3.60. The molecule has 2 saturated heterocycles. The zero-order valence-electron chi connectivity index (χ0n) is 27.4. The van der Waals surface area contributed by atoms with Crippen LogP contribution in [0.4, 0.5) is 0 Å². The van der Waals surface area contributed by atoms with Crippen LogP contribution in [0.5, 0.6) is 28.7 Å². The molecule has 0 saturated carbocycles. The lowest BCUT2D eigenvalue weighted by atomic mass is 9.63. The highest BCUT2D eigenvalue weighted by molar-refractivity contribution is 5.96. The molecule has 0 bridgehead atoms. The number of methoxy groups -OCH3 is 5. The van der Waals surface area contributed by atoms with Gasteiger partial charge in [-0.2, -0.15) is 0 Å². The maximum Gasteiger partial charge on any atom is 0.314 e. The molecule has 246 valence electrons. The molecule has 1 N–H and O–H groups in total. The number of ether oxygens (including phenoxy) is 5. The number of carbonyl (C=O) groups is 2. The molecule has 3 aromatic rings. The highest BCUT2D eigenvalue weighted by Gasteiger charge is 2.52. The van der Waals surface area contributed by atoms with E-state index >= 15 is 0 Å². The van der Waals surface area contributed by atoms with E-state index < -0.39 is 11.4 Å². The molecule has 1 amide bonds. The first-order valence-corrected chi connectivity index (χ1v) is 15.6. The highest BCUT2D eigenvalue weighted by Crippen LogP contribution is 2.48. The van der Waals surface area contributed by atoms with Crippen molar-refractivity contribution in [3.63, 3.8) is 0 Å². The number of carboxylic acids is 1. The maximum absolute atomic E-state index is 13.7. The summed E-state index contributed by atoms with van der Waals surface area (Å²) >= 11 is 0. The molecule has 0 aromatic heterocycles. The van der Waals surface area contributed by atoms with Crippen LogP contribution < -0.4 is 23.7 Å². The summed E-state index contributed by atoms with van der Waals surface area (Å²) in [5.41, 5.74) is 1.02. The van der Waals surface area contributed by atoms with Gasteiger partial charge in [-0.3, -0.25) is 14.5 Å². The lowest BCUT2D eigenvalue weighted by molar-refractivity contribution is -0.147. The van der Waals surface area contributed by atoms with E-state index in [-0.39, 0.29) is 23.8 Å². The van der Waals surface area contributed by atoms with E-state index in [1.165, 1.54) is 21.3 Å². The van der Waals surface area contributed by atoms with Crippen LogP contribution in [0.25, 0.3) is 0 Å². The van der Waals surface area contributed by atoms with Crippen LogP contribution in [0.2, 0.25) is 0 Å². The molecule has 10 heteroatoms. The summed E-state index contributed by atoms with van der Waals surface area (Å²) in [4.78, 5) is 31.2. The Morgan fingerprint density at radius 2 is 1.46 bits per heavy atom. The number of benzene rings is 3. The van der Waals surface area contributed by atoms with E-state index in [0.717, 1.165) is 17.5 Å². The molecular formula is C36H44N2O8. The predicted molar refractivity (Wildman–Crippen MR) is 174 cm³/mol. The van der Waals surface area contributed by atoms with Crippen molar-refractivity contribution < 1.29 is 38.4 Å². The summed E-state index contributed by atoms with van der Waals surface area (Å²) in [6.07, 6.45) is 1.29. The van der Waals surface area contributed by atoms with Crippen LogP contribution >= 0.6 is 0 Å². The van der Waals surface area contributed by atoms with Gasteiger partial charge in [0.25, 0.3) is 5.91 Å². The Hall–Kier alpha value is -4.44. The quantitative estimate of drug-likeness (QED) is 0.309. The number of amides is 1. The number of carbonyl (C=O) groups excluding carboxylic acids is 1. The van der Waals surface area contributed by atoms with Gasteiger partial charge in [0.05, 0.1) is 35.5 Å². The molecule has 5 rings (SSSR count). The van der Waals surface area contributed by atoms with Crippen LogP contribution in [0, 0.1) is 5.92 Å². The van der Waals surface area contributed by atoms with Gasteiger partial charge in [-0.25, -0.2) is 0 Å². The second kappa shape index (κ2) is 13.9. The van der Waals surface area contributed by atoms with Gasteiger partial charge in [0.2, 0.25) is 5.75 Å². The average molecular weight is 633 g/mol. The van der Waals surface area contributed by atoms with Gasteiger partial charge in [-0.15, -0.1) is 0 Å².